The lowest BCUT2D eigenvalue weighted by Gasteiger charge is -2.15. The zero-order valence-electron chi connectivity index (χ0n) is 14.6. The first kappa shape index (κ1) is 16.1. The number of imidazole rings is 2. The van der Waals surface area contributed by atoms with Crippen molar-refractivity contribution < 1.29 is 10.2 Å². The van der Waals surface area contributed by atoms with E-state index in [0.29, 0.717) is 28.2 Å². The van der Waals surface area contributed by atoms with Gasteiger partial charge in [-0.05, 0) is 36.1 Å². The Bertz CT molecular complexity index is 1110. The van der Waals surface area contributed by atoms with Gasteiger partial charge in [-0.1, -0.05) is 13.8 Å². The summed E-state index contributed by atoms with van der Waals surface area (Å²) in [5.74, 6) is 0.782. The number of aromatic nitrogens is 6. The molecule has 0 amide bonds. The fourth-order valence-corrected chi connectivity index (χ4v) is 3.19. The Morgan fingerprint density at radius 1 is 1.08 bits per heavy atom. The van der Waals surface area contributed by atoms with E-state index in [1.165, 1.54) is 23.4 Å². The van der Waals surface area contributed by atoms with Crippen LogP contribution in [0.25, 0.3) is 28.2 Å². The smallest absolute Gasteiger partial charge is 0.300 e. The Kier molecular flexibility index (Phi) is 3.61. The highest BCUT2D eigenvalue weighted by atomic mass is 16.3. The molecule has 4 aromatic rings. The molecule has 0 saturated heterocycles. The van der Waals surface area contributed by atoms with Crippen molar-refractivity contribution in [1.29, 1.82) is 0 Å². The molecule has 0 unspecified atom stereocenters. The lowest BCUT2D eigenvalue weighted by Crippen LogP contribution is -2.02. The summed E-state index contributed by atoms with van der Waals surface area (Å²) in [5.41, 5.74) is 4.24. The zero-order chi connectivity index (χ0) is 18.4. The molecule has 0 radical (unpaired) electrons. The molecule has 3 heterocycles. The number of H-pyrrole nitrogens is 1. The van der Waals surface area contributed by atoms with Crippen molar-refractivity contribution in [3.05, 3.63) is 42.1 Å². The Morgan fingerprint density at radius 3 is 2.65 bits per heavy atom. The molecule has 3 N–H and O–H groups in total. The average molecular weight is 350 g/mol. The predicted molar refractivity (Wildman–Crippen MR) is 96.4 cm³/mol. The molecule has 0 fully saturated rings. The van der Waals surface area contributed by atoms with Crippen LogP contribution in [0.3, 0.4) is 0 Å². The topological polar surface area (TPSA) is 113 Å². The fraction of sp³-hybridized carbons (Fsp3) is 0.222. The van der Waals surface area contributed by atoms with E-state index in [4.69, 9.17) is 0 Å². The first-order chi connectivity index (χ1) is 12.5. The minimum Gasteiger partial charge on any atom is -0.507 e. The van der Waals surface area contributed by atoms with Crippen molar-refractivity contribution in [3.8, 4) is 28.8 Å². The van der Waals surface area contributed by atoms with E-state index in [0.717, 1.165) is 11.1 Å². The van der Waals surface area contributed by atoms with Crippen LogP contribution in [0.4, 0.5) is 0 Å². The van der Waals surface area contributed by atoms with Gasteiger partial charge in [0, 0.05) is 5.56 Å². The van der Waals surface area contributed by atoms with E-state index in [9.17, 15) is 10.2 Å². The fourth-order valence-electron chi connectivity index (χ4n) is 3.19. The Labute approximate surface area is 149 Å². The Hall–Kier alpha value is -3.42. The molecule has 0 aliphatic rings. The average Bonchev–Trinajstić information content (AvgIpc) is 3.21. The minimum absolute atomic E-state index is 0.111. The van der Waals surface area contributed by atoms with E-state index >= 15 is 0 Å². The highest BCUT2D eigenvalue weighted by Crippen LogP contribution is 2.37. The van der Waals surface area contributed by atoms with Crippen LogP contribution in [-0.4, -0.2) is 39.7 Å². The van der Waals surface area contributed by atoms with E-state index in [2.05, 4.69) is 38.8 Å². The van der Waals surface area contributed by atoms with Crippen LogP contribution < -0.4 is 0 Å². The number of aromatic amines is 1. The third-order valence-electron chi connectivity index (χ3n) is 4.44. The summed E-state index contributed by atoms with van der Waals surface area (Å²) in [6, 6.07) is 3.41. The number of benzene rings is 1. The molecule has 3 aromatic heterocycles. The maximum absolute atomic E-state index is 10.5. The maximum Gasteiger partial charge on any atom is 0.300 e. The van der Waals surface area contributed by atoms with Gasteiger partial charge in [-0.3, -0.25) is 0 Å². The van der Waals surface area contributed by atoms with Gasteiger partial charge < -0.3 is 15.2 Å². The number of phenols is 1. The van der Waals surface area contributed by atoms with E-state index < -0.39 is 0 Å². The van der Waals surface area contributed by atoms with Crippen molar-refractivity contribution in [3.63, 3.8) is 0 Å². The number of nitrogens with one attached hydrogen (secondary N) is 1. The molecule has 0 saturated carbocycles. The third kappa shape index (κ3) is 2.38. The largest absolute Gasteiger partial charge is 0.507 e. The minimum atomic E-state index is -0.242. The number of hydrogen-bond donors (Lipinski definition) is 3. The van der Waals surface area contributed by atoms with Gasteiger partial charge in [0.2, 0.25) is 0 Å². The number of nitrogens with zero attached hydrogens (tertiary/aromatic N) is 5. The molecule has 0 aliphatic carbocycles. The summed E-state index contributed by atoms with van der Waals surface area (Å²) >= 11 is 0. The first-order valence-electron chi connectivity index (χ1n) is 8.22. The van der Waals surface area contributed by atoms with Crippen LogP contribution in [0.2, 0.25) is 0 Å². The van der Waals surface area contributed by atoms with Gasteiger partial charge in [0.15, 0.2) is 17.0 Å². The molecule has 4 rings (SSSR count). The predicted octanol–water partition coefficient (Wildman–Crippen LogP) is 3.05. The lowest BCUT2D eigenvalue weighted by atomic mass is 9.94. The second kappa shape index (κ2) is 5.83. The Balaban J connectivity index is 1.99. The number of fused-ring (bicyclic) bond motifs is 1. The van der Waals surface area contributed by atoms with Crippen LogP contribution in [0.15, 0.2) is 31.0 Å². The number of hydrogen-bond acceptors (Lipinski definition) is 6. The first-order valence-corrected chi connectivity index (χ1v) is 8.22. The van der Waals surface area contributed by atoms with Crippen molar-refractivity contribution in [2.75, 3.05) is 0 Å². The molecule has 8 heteroatoms. The lowest BCUT2D eigenvalue weighted by molar-refractivity contribution is 0.422. The van der Waals surface area contributed by atoms with Crippen LogP contribution >= 0.6 is 0 Å². The highest BCUT2D eigenvalue weighted by molar-refractivity contribution is 5.80. The van der Waals surface area contributed by atoms with Crippen LogP contribution in [0.1, 0.15) is 30.9 Å². The van der Waals surface area contributed by atoms with E-state index in [1.54, 1.807) is 6.07 Å². The summed E-state index contributed by atoms with van der Waals surface area (Å²) in [6.45, 7) is 6.15. The zero-order valence-corrected chi connectivity index (χ0v) is 14.6. The monoisotopic (exact) mass is 350 g/mol. The van der Waals surface area contributed by atoms with Gasteiger partial charge in [0.1, 0.15) is 12.1 Å². The molecule has 1 aromatic carbocycles. The normalized spacial score (nSPS) is 11.5. The van der Waals surface area contributed by atoms with Gasteiger partial charge in [-0.25, -0.2) is 24.5 Å². The van der Waals surface area contributed by atoms with Gasteiger partial charge >= 0.3 is 0 Å². The van der Waals surface area contributed by atoms with Crippen LogP contribution in [0.5, 0.6) is 11.8 Å². The molecular weight excluding hydrogens is 332 g/mol. The summed E-state index contributed by atoms with van der Waals surface area (Å²) in [5, 5.41) is 20.9. The maximum atomic E-state index is 10.5. The Morgan fingerprint density at radius 2 is 1.88 bits per heavy atom. The van der Waals surface area contributed by atoms with Crippen molar-refractivity contribution in [2.45, 2.75) is 26.7 Å². The second-order valence-electron chi connectivity index (χ2n) is 6.46. The molecule has 0 bridgehead atoms. The van der Waals surface area contributed by atoms with Crippen molar-refractivity contribution >= 4 is 11.2 Å². The molecular formula is C18H18N6O2. The van der Waals surface area contributed by atoms with Gasteiger partial charge in [0.05, 0.1) is 18.2 Å². The van der Waals surface area contributed by atoms with E-state index in [1.807, 2.05) is 13.0 Å². The molecule has 132 valence electrons. The van der Waals surface area contributed by atoms with E-state index in [-0.39, 0.29) is 17.7 Å². The number of rotatable bonds is 3. The number of phenolic OH excluding ortho intramolecular Hbond substituents is 1. The SMILES string of the molecule is Cc1cc(O)c(-c2cnc(O)n2-c2ncnc3[nH]cnc23)cc1C(C)C. The van der Waals surface area contributed by atoms with Gasteiger partial charge in [0.25, 0.3) is 6.01 Å². The molecule has 8 nitrogen and oxygen atoms in total. The van der Waals surface area contributed by atoms with Crippen molar-refractivity contribution in [1.82, 2.24) is 29.5 Å². The highest BCUT2D eigenvalue weighted by Gasteiger charge is 2.21. The second-order valence-corrected chi connectivity index (χ2v) is 6.46. The molecule has 26 heavy (non-hydrogen) atoms. The quantitative estimate of drug-likeness (QED) is 0.523. The van der Waals surface area contributed by atoms with Crippen LogP contribution in [0, 0.1) is 6.92 Å². The van der Waals surface area contributed by atoms with Gasteiger partial charge in [-0.2, -0.15) is 0 Å². The van der Waals surface area contributed by atoms with Crippen LogP contribution in [-0.2, 0) is 0 Å². The molecule has 0 spiro atoms. The third-order valence-corrected chi connectivity index (χ3v) is 4.44. The summed E-state index contributed by atoms with van der Waals surface area (Å²) in [6.07, 6.45) is 4.40. The number of aryl methyl sites for hydroxylation is 1. The standard InChI is InChI=1S/C18H18N6O2/c1-9(2)11-5-12(14(25)4-10(11)3)13-6-19-18(26)24(13)17-15-16(21-7-20-15)22-8-23-17/h4-9,25H,1-3H3,(H,19,26)(H,20,21,22,23). The summed E-state index contributed by atoms with van der Waals surface area (Å²) in [7, 11) is 0. The molecule has 0 atom stereocenters. The van der Waals surface area contributed by atoms with Crippen molar-refractivity contribution in [2.24, 2.45) is 0 Å². The number of aromatic hydroxyl groups is 2. The summed E-state index contributed by atoms with van der Waals surface area (Å²) in [4.78, 5) is 19.5. The molecule has 0 aliphatic heterocycles. The van der Waals surface area contributed by atoms with Gasteiger partial charge in [-0.15, -0.1) is 0 Å². The summed E-state index contributed by atoms with van der Waals surface area (Å²) < 4.78 is 1.46.